The zero-order valence-electron chi connectivity index (χ0n) is 12.1. The van der Waals surface area contributed by atoms with Crippen molar-refractivity contribution in [2.24, 2.45) is 4.99 Å². The van der Waals surface area contributed by atoms with Crippen LogP contribution >= 0.6 is 24.0 Å². The number of rotatable bonds is 6. The second-order valence-corrected chi connectivity index (χ2v) is 4.25. The van der Waals surface area contributed by atoms with Gasteiger partial charge in [0.25, 0.3) is 0 Å². The van der Waals surface area contributed by atoms with E-state index >= 15 is 0 Å². The fourth-order valence-corrected chi connectivity index (χ4v) is 1.54. The summed E-state index contributed by atoms with van der Waals surface area (Å²) >= 11 is 0. The molecule has 0 aromatic carbocycles. The number of aryl methyl sites for hydroxylation is 1. The number of halogens is 1. The molecule has 5 heteroatoms. The predicted molar refractivity (Wildman–Crippen MR) is 92.4 cm³/mol. The number of guanidine groups is 1. The average Bonchev–Trinajstić information content (AvgIpc) is 2.38. The molecule has 1 heterocycles. The summed E-state index contributed by atoms with van der Waals surface area (Å²) in [5.74, 6) is 0.902. The SMILES string of the molecule is CCCN=C(NCC)NCCc1ccc(C)nc1.I. The molecule has 0 amide bonds. The van der Waals surface area contributed by atoms with Crippen molar-refractivity contribution in [3.63, 3.8) is 0 Å². The van der Waals surface area contributed by atoms with Crippen LogP contribution < -0.4 is 10.6 Å². The maximum absolute atomic E-state index is 4.46. The lowest BCUT2D eigenvalue weighted by Crippen LogP contribution is -2.38. The minimum absolute atomic E-state index is 0. The Hall–Kier alpha value is -0.850. The van der Waals surface area contributed by atoms with Gasteiger partial charge in [-0.25, -0.2) is 0 Å². The highest BCUT2D eigenvalue weighted by Crippen LogP contribution is 1.99. The summed E-state index contributed by atoms with van der Waals surface area (Å²) in [6, 6.07) is 4.17. The quantitative estimate of drug-likeness (QED) is 0.456. The van der Waals surface area contributed by atoms with Gasteiger partial charge < -0.3 is 10.6 Å². The van der Waals surface area contributed by atoms with Crippen molar-refractivity contribution in [2.75, 3.05) is 19.6 Å². The number of nitrogens with zero attached hydrogens (tertiary/aromatic N) is 2. The van der Waals surface area contributed by atoms with Crippen LogP contribution in [0.2, 0.25) is 0 Å². The van der Waals surface area contributed by atoms with Gasteiger partial charge in [0.15, 0.2) is 5.96 Å². The molecule has 1 aromatic heterocycles. The fraction of sp³-hybridized carbons (Fsp3) is 0.571. The van der Waals surface area contributed by atoms with Crippen LogP contribution in [0, 0.1) is 6.92 Å². The molecule has 0 bridgehead atoms. The van der Waals surface area contributed by atoms with E-state index in [1.165, 1.54) is 5.56 Å². The summed E-state index contributed by atoms with van der Waals surface area (Å²) < 4.78 is 0. The summed E-state index contributed by atoms with van der Waals surface area (Å²) in [5, 5.41) is 6.57. The lowest BCUT2D eigenvalue weighted by atomic mass is 10.2. The first-order chi connectivity index (χ1) is 8.76. The van der Waals surface area contributed by atoms with Gasteiger partial charge >= 0.3 is 0 Å². The highest BCUT2D eigenvalue weighted by atomic mass is 127. The Morgan fingerprint density at radius 1 is 1.26 bits per heavy atom. The van der Waals surface area contributed by atoms with Crippen LogP contribution in [0.1, 0.15) is 31.5 Å². The largest absolute Gasteiger partial charge is 0.357 e. The van der Waals surface area contributed by atoms with Crippen molar-refractivity contribution in [3.8, 4) is 0 Å². The van der Waals surface area contributed by atoms with Crippen LogP contribution in [-0.4, -0.2) is 30.6 Å². The Kier molecular flexibility index (Phi) is 10.5. The van der Waals surface area contributed by atoms with Gasteiger partial charge in [0.1, 0.15) is 0 Å². The van der Waals surface area contributed by atoms with E-state index in [9.17, 15) is 0 Å². The fourth-order valence-electron chi connectivity index (χ4n) is 1.54. The zero-order chi connectivity index (χ0) is 13.2. The molecule has 2 N–H and O–H groups in total. The maximum Gasteiger partial charge on any atom is 0.191 e. The first-order valence-electron chi connectivity index (χ1n) is 6.70. The van der Waals surface area contributed by atoms with Gasteiger partial charge in [-0.1, -0.05) is 13.0 Å². The van der Waals surface area contributed by atoms with Gasteiger partial charge in [-0.05, 0) is 38.3 Å². The van der Waals surface area contributed by atoms with E-state index in [2.05, 4.69) is 40.5 Å². The molecule has 19 heavy (non-hydrogen) atoms. The lowest BCUT2D eigenvalue weighted by Gasteiger charge is -2.10. The first kappa shape index (κ1) is 18.1. The topological polar surface area (TPSA) is 49.3 Å². The van der Waals surface area contributed by atoms with Crippen molar-refractivity contribution in [3.05, 3.63) is 29.6 Å². The summed E-state index contributed by atoms with van der Waals surface area (Å²) in [6.45, 7) is 8.84. The van der Waals surface area contributed by atoms with Gasteiger partial charge in [0, 0.05) is 31.5 Å². The number of nitrogens with one attached hydrogen (secondary N) is 2. The van der Waals surface area contributed by atoms with Gasteiger partial charge in [0.05, 0.1) is 0 Å². The van der Waals surface area contributed by atoms with E-state index in [1.54, 1.807) is 0 Å². The second kappa shape index (κ2) is 11.0. The third-order valence-electron chi connectivity index (χ3n) is 2.52. The summed E-state index contributed by atoms with van der Waals surface area (Å²) in [6.07, 6.45) is 3.97. The maximum atomic E-state index is 4.46. The Morgan fingerprint density at radius 3 is 2.63 bits per heavy atom. The highest BCUT2D eigenvalue weighted by molar-refractivity contribution is 14.0. The molecule has 0 aliphatic heterocycles. The summed E-state index contributed by atoms with van der Waals surface area (Å²) in [4.78, 5) is 8.75. The van der Waals surface area contributed by atoms with E-state index in [4.69, 9.17) is 0 Å². The van der Waals surface area contributed by atoms with E-state index in [0.717, 1.165) is 44.1 Å². The molecule has 0 saturated heterocycles. The van der Waals surface area contributed by atoms with Gasteiger partial charge in [-0.2, -0.15) is 0 Å². The van der Waals surface area contributed by atoms with Crippen LogP contribution in [0.4, 0.5) is 0 Å². The molecule has 0 spiro atoms. The number of aromatic nitrogens is 1. The van der Waals surface area contributed by atoms with E-state index in [1.807, 2.05) is 19.2 Å². The van der Waals surface area contributed by atoms with Gasteiger partial charge in [-0.15, -0.1) is 24.0 Å². The molecule has 0 aliphatic rings. The number of hydrogen-bond donors (Lipinski definition) is 2. The standard InChI is InChI=1S/C14H24N4.HI/c1-4-9-16-14(15-5-2)17-10-8-13-7-6-12(3)18-11-13;/h6-7,11H,4-5,8-10H2,1-3H3,(H2,15,16,17);1H. The first-order valence-corrected chi connectivity index (χ1v) is 6.70. The van der Waals surface area contributed by atoms with E-state index in [-0.39, 0.29) is 24.0 Å². The van der Waals surface area contributed by atoms with Crippen LogP contribution in [0.5, 0.6) is 0 Å². The zero-order valence-corrected chi connectivity index (χ0v) is 14.4. The third-order valence-corrected chi connectivity index (χ3v) is 2.52. The molecule has 1 rings (SSSR count). The monoisotopic (exact) mass is 376 g/mol. The molecule has 0 radical (unpaired) electrons. The molecular formula is C14H25IN4. The van der Waals surface area contributed by atoms with Crippen molar-refractivity contribution in [1.82, 2.24) is 15.6 Å². The Labute approximate surface area is 133 Å². The van der Waals surface area contributed by atoms with E-state index in [0.29, 0.717) is 0 Å². The van der Waals surface area contributed by atoms with Crippen molar-refractivity contribution >= 4 is 29.9 Å². The van der Waals surface area contributed by atoms with Crippen LogP contribution in [-0.2, 0) is 6.42 Å². The Balaban J connectivity index is 0.00000324. The number of aliphatic imine (C=N–C) groups is 1. The summed E-state index contributed by atoms with van der Waals surface area (Å²) in [5.41, 5.74) is 2.31. The second-order valence-electron chi connectivity index (χ2n) is 4.25. The molecule has 1 aromatic rings. The highest BCUT2D eigenvalue weighted by Gasteiger charge is 1.97. The molecule has 0 aliphatic carbocycles. The molecule has 0 unspecified atom stereocenters. The molecule has 0 fully saturated rings. The van der Waals surface area contributed by atoms with Crippen molar-refractivity contribution in [2.45, 2.75) is 33.6 Å². The van der Waals surface area contributed by atoms with Crippen LogP contribution in [0.15, 0.2) is 23.3 Å². The minimum atomic E-state index is 0. The summed E-state index contributed by atoms with van der Waals surface area (Å²) in [7, 11) is 0. The van der Waals surface area contributed by atoms with Gasteiger partial charge in [0.2, 0.25) is 0 Å². The molecule has 108 valence electrons. The van der Waals surface area contributed by atoms with Crippen molar-refractivity contribution in [1.29, 1.82) is 0 Å². The van der Waals surface area contributed by atoms with Crippen LogP contribution in [0.3, 0.4) is 0 Å². The number of hydrogen-bond acceptors (Lipinski definition) is 2. The van der Waals surface area contributed by atoms with E-state index < -0.39 is 0 Å². The lowest BCUT2D eigenvalue weighted by molar-refractivity contribution is 0.791. The normalized spacial score (nSPS) is 10.8. The van der Waals surface area contributed by atoms with Crippen molar-refractivity contribution < 1.29 is 0 Å². The average molecular weight is 376 g/mol. The third kappa shape index (κ3) is 8.02. The predicted octanol–water partition coefficient (Wildman–Crippen LogP) is 2.52. The smallest absolute Gasteiger partial charge is 0.191 e. The Morgan fingerprint density at radius 2 is 2.05 bits per heavy atom. The molecular weight excluding hydrogens is 351 g/mol. The molecule has 4 nitrogen and oxygen atoms in total. The number of pyridine rings is 1. The van der Waals surface area contributed by atoms with Crippen LogP contribution in [0.25, 0.3) is 0 Å². The van der Waals surface area contributed by atoms with Gasteiger partial charge in [-0.3, -0.25) is 9.98 Å². The minimum Gasteiger partial charge on any atom is -0.357 e. The molecule has 0 saturated carbocycles. The molecule has 0 atom stereocenters. The Bertz CT molecular complexity index is 362.